The summed E-state index contributed by atoms with van der Waals surface area (Å²) in [6.45, 7) is 2.54. The Morgan fingerprint density at radius 2 is 1.83 bits per heavy atom. The highest BCUT2D eigenvalue weighted by atomic mass is 35.5. The minimum atomic E-state index is -4.00. The molecule has 0 radical (unpaired) electrons. The summed E-state index contributed by atoms with van der Waals surface area (Å²) in [5.74, 6) is 0.542. The summed E-state index contributed by atoms with van der Waals surface area (Å²) in [5.41, 5.74) is 1.56. The van der Waals surface area contributed by atoms with Gasteiger partial charge in [0.05, 0.1) is 18.8 Å². The summed E-state index contributed by atoms with van der Waals surface area (Å²) in [5, 5.41) is 29.9. The maximum absolute atomic E-state index is 13.2. The molecule has 46 heavy (non-hydrogen) atoms. The van der Waals surface area contributed by atoms with Crippen LogP contribution in [-0.2, 0) is 27.2 Å². The summed E-state index contributed by atoms with van der Waals surface area (Å²) < 4.78 is 42.7. The van der Waals surface area contributed by atoms with Crippen molar-refractivity contribution in [3.63, 3.8) is 0 Å². The number of rotatable bonds is 12. The number of halogens is 1. The lowest BCUT2D eigenvalue weighted by Gasteiger charge is -2.27. The van der Waals surface area contributed by atoms with Crippen molar-refractivity contribution < 1.29 is 23.0 Å². The fourth-order valence-electron chi connectivity index (χ4n) is 4.84. The summed E-state index contributed by atoms with van der Waals surface area (Å²) in [6, 6.07) is 21.5. The number of guanidine groups is 1. The van der Waals surface area contributed by atoms with E-state index >= 15 is 0 Å². The molecule has 16 heteroatoms. The number of benzene rings is 3. The number of likely N-dealkylation sites (N-methyl/N-ethyl adjacent to an activating group) is 1. The van der Waals surface area contributed by atoms with Crippen LogP contribution in [0, 0.1) is 0 Å². The second-order valence-corrected chi connectivity index (χ2v) is 12.4. The monoisotopic (exact) mass is 667 g/mol. The van der Waals surface area contributed by atoms with Gasteiger partial charge in [-0.25, -0.2) is 14.4 Å². The number of aromatic nitrogens is 4. The Labute approximate surface area is 272 Å². The van der Waals surface area contributed by atoms with Crippen LogP contribution in [0.5, 0.6) is 5.75 Å². The van der Waals surface area contributed by atoms with E-state index in [1.165, 1.54) is 29.8 Å². The van der Waals surface area contributed by atoms with Gasteiger partial charge in [-0.3, -0.25) is 4.99 Å². The normalized spacial score (nSPS) is 17.0. The Hall–Kier alpha value is -4.41. The van der Waals surface area contributed by atoms with E-state index in [2.05, 4.69) is 30.3 Å². The zero-order valence-corrected chi connectivity index (χ0v) is 27.1. The van der Waals surface area contributed by atoms with Gasteiger partial charge >= 0.3 is 10.2 Å². The highest BCUT2D eigenvalue weighted by Gasteiger charge is 2.45. The second-order valence-electron chi connectivity index (χ2n) is 10.2. The molecule has 0 aliphatic carbocycles. The molecule has 1 aromatic heterocycles. The molecule has 3 aromatic carbocycles. The molecule has 0 spiro atoms. The first kappa shape index (κ1) is 33.0. The molecule has 1 aliphatic rings. The van der Waals surface area contributed by atoms with Gasteiger partial charge in [0.1, 0.15) is 24.4 Å². The minimum absolute atomic E-state index is 0.0516. The maximum atomic E-state index is 13.2. The molecule has 0 saturated heterocycles. The molecule has 2 heterocycles. The van der Waals surface area contributed by atoms with Gasteiger partial charge in [-0.15, -0.1) is 5.10 Å². The molecule has 1 unspecified atom stereocenters. The zero-order valence-electron chi connectivity index (χ0n) is 25.5. The van der Waals surface area contributed by atoms with E-state index in [4.69, 9.17) is 21.1 Å². The summed E-state index contributed by atoms with van der Waals surface area (Å²) in [4.78, 5) is 4.16. The quantitative estimate of drug-likeness (QED) is 0.171. The maximum Gasteiger partial charge on any atom is 0.304 e. The van der Waals surface area contributed by atoms with Gasteiger partial charge < -0.3 is 14.6 Å². The van der Waals surface area contributed by atoms with Crippen molar-refractivity contribution >= 4 is 33.5 Å². The highest BCUT2D eigenvalue weighted by Crippen LogP contribution is 2.34. The van der Waals surface area contributed by atoms with Gasteiger partial charge in [-0.1, -0.05) is 54.9 Å². The standard InChI is InChI=1S/C30H34ClN9O5S/c1-4-38(17-18-44-3)46(42,43)35-29(32-2)39-20-30(41,28(34-39)23-7-11-25(31)12-8-23)24-9-15-27(16-10-24)45-19-22-5-13-26(14-6-22)40-21-33-36-37-40/h5-16,21,41H,4,17-20H2,1-3H3,(H,32,35). The first-order chi connectivity index (χ1) is 22.2. The summed E-state index contributed by atoms with van der Waals surface area (Å²) in [6.07, 6.45) is 1.52. The molecular weight excluding hydrogens is 634 g/mol. The second kappa shape index (κ2) is 14.3. The van der Waals surface area contributed by atoms with Crippen LogP contribution in [0.4, 0.5) is 0 Å². The van der Waals surface area contributed by atoms with Gasteiger partial charge in [0.2, 0.25) is 5.96 Å². The van der Waals surface area contributed by atoms with Crippen molar-refractivity contribution in [3.05, 3.63) is 101 Å². The lowest BCUT2D eigenvalue weighted by atomic mass is 9.86. The molecule has 0 bridgehead atoms. The Bertz CT molecular complexity index is 1770. The SMILES string of the molecule is CCN(CCOC)S(=O)(=O)NC(=NC)N1CC(O)(c2ccc(OCc3ccc(-n4cnnn4)cc3)cc2)C(c2ccc(Cl)cc2)=N1. The van der Waals surface area contributed by atoms with Gasteiger partial charge in [0.25, 0.3) is 0 Å². The van der Waals surface area contributed by atoms with Crippen molar-refractivity contribution in [1.82, 2.24) is 34.2 Å². The van der Waals surface area contributed by atoms with Crippen molar-refractivity contribution in [3.8, 4) is 11.4 Å². The van der Waals surface area contributed by atoms with E-state index in [-0.39, 0.29) is 32.2 Å². The van der Waals surface area contributed by atoms with Gasteiger partial charge in [0, 0.05) is 37.8 Å². The highest BCUT2D eigenvalue weighted by molar-refractivity contribution is 7.87. The number of hydrazone groups is 1. The number of β-amino-alcohol motifs (C(OH)–C–C–N with tert-alkyl or cyclic N) is 1. The van der Waals surface area contributed by atoms with Gasteiger partial charge in [-0.05, 0) is 58.0 Å². The predicted molar refractivity (Wildman–Crippen MR) is 173 cm³/mol. The number of tetrazole rings is 1. The van der Waals surface area contributed by atoms with Crippen LogP contribution in [0.2, 0.25) is 5.02 Å². The van der Waals surface area contributed by atoms with Crippen molar-refractivity contribution in [2.45, 2.75) is 19.1 Å². The van der Waals surface area contributed by atoms with Gasteiger partial charge in [0.15, 0.2) is 5.60 Å². The Balaban J connectivity index is 1.36. The molecule has 5 rings (SSSR count). The van der Waals surface area contributed by atoms with E-state index < -0.39 is 15.8 Å². The average molecular weight is 668 g/mol. The zero-order chi connectivity index (χ0) is 32.7. The molecule has 0 fully saturated rings. The molecule has 1 atom stereocenters. The number of hydrogen-bond donors (Lipinski definition) is 2. The van der Waals surface area contributed by atoms with Crippen molar-refractivity contribution in [2.75, 3.05) is 40.4 Å². The molecule has 4 aromatic rings. The molecule has 1 aliphatic heterocycles. The molecule has 0 amide bonds. The number of aliphatic hydroxyl groups is 1. The van der Waals surface area contributed by atoms with Crippen molar-refractivity contribution in [1.29, 1.82) is 0 Å². The Morgan fingerprint density at radius 1 is 1.11 bits per heavy atom. The fourth-order valence-corrected chi connectivity index (χ4v) is 6.18. The number of methoxy groups -OCH3 is 1. The number of aliphatic imine (C=N–C) groups is 1. The van der Waals surface area contributed by atoms with Gasteiger partial charge in [-0.2, -0.15) is 17.8 Å². The largest absolute Gasteiger partial charge is 0.489 e. The lowest BCUT2D eigenvalue weighted by molar-refractivity contribution is 0.103. The summed E-state index contributed by atoms with van der Waals surface area (Å²) >= 11 is 6.14. The first-order valence-corrected chi connectivity index (χ1v) is 16.1. The number of nitrogens with zero attached hydrogens (tertiary/aromatic N) is 8. The van der Waals surface area contributed by atoms with Crippen LogP contribution in [0.3, 0.4) is 0 Å². The van der Waals surface area contributed by atoms with E-state index in [1.54, 1.807) is 60.1 Å². The van der Waals surface area contributed by atoms with E-state index in [0.717, 1.165) is 11.3 Å². The number of ether oxygens (including phenoxy) is 2. The third-order valence-corrected chi connectivity index (χ3v) is 9.12. The van der Waals surface area contributed by atoms with E-state index in [1.807, 2.05) is 24.3 Å². The predicted octanol–water partition coefficient (Wildman–Crippen LogP) is 2.59. The van der Waals surface area contributed by atoms with Crippen molar-refractivity contribution in [2.24, 2.45) is 10.1 Å². The Kier molecular flexibility index (Phi) is 10.3. The first-order valence-electron chi connectivity index (χ1n) is 14.3. The molecule has 14 nitrogen and oxygen atoms in total. The van der Waals surface area contributed by atoms with E-state index in [0.29, 0.717) is 34.2 Å². The topological polar surface area (TPSA) is 160 Å². The van der Waals surface area contributed by atoms with Crippen LogP contribution in [0.1, 0.15) is 23.6 Å². The molecule has 242 valence electrons. The third-order valence-electron chi connectivity index (χ3n) is 7.31. The Morgan fingerprint density at radius 3 is 2.43 bits per heavy atom. The number of hydrogen-bond acceptors (Lipinski definition) is 10. The molecular formula is C30H34ClN9O5S. The van der Waals surface area contributed by atoms with Crippen LogP contribution in [0.15, 0.2) is 89.2 Å². The third kappa shape index (κ3) is 7.35. The molecule has 2 N–H and O–H groups in total. The van der Waals surface area contributed by atoms with Crippen LogP contribution >= 0.6 is 11.6 Å². The number of nitrogens with one attached hydrogen (secondary N) is 1. The smallest absolute Gasteiger partial charge is 0.304 e. The molecule has 0 saturated carbocycles. The lowest BCUT2D eigenvalue weighted by Crippen LogP contribution is -2.50. The van der Waals surface area contributed by atoms with E-state index in [9.17, 15) is 13.5 Å². The summed E-state index contributed by atoms with van der Waals surface area (Å²) in [7, 11) is -1.05. The van der Waals surface area contributed by atoms with Crippen LogP contribution in [-0.4, -0.2) is 95.1 Å². The van der Waals surface area contributed by atoms with Crippen LogP contribution in [0.25, 0.3) is 5.69 Å². The average Bonchev–Trinajstić information content (AvgIpc) is 3.73. The minimum Gasteiger partial charge on any atom is -0.489 e. The fraction of sp³-hybridized carbons (Fsp3) is 0.300. The van der Waals surface area contributed by atoms with Crippen LogP contribution < -0.4 is 9.46 Å².